The highest BCUT2D eigenvalue weighted by Gasteiger charge is 2.22. The van der Waals surface area contributed by atoms with Crippen molar-refractivity contribution >= 4 is 6.09 Å². The van der Waals surface area contributed by atoms with Gasteiger partial charge in [-0.25, -0.2) is 13.6 Å². The summed E-state index contributed by atoms with van der Waals surface area (Å²) in [5.41, 5.74) is 1.18. The van der Waals surface area contributed by atoms with Gasteiger partial charge in [-0.05, 0) is 55.7 Å². The molecule has 0 saturated heterocycles. The van der Waals surface area contributed by atoms with Crippen LogP contribution >= 0.6 is 0 Å². The van der Waals surface area contributed by atoms with E-state index in [-0.39, 0.29) is 24.6 Å². The predicted octanol–water partition coefficient (Wildman–Crippen LogP) is 3.08. The minimum Gasteiger partial charge on any atom is -0.491 e. The third kappa shape index (κ3) is 8.05. The Morgan fingerprint density at radius 2 is 1.79 bits per heavy atom. The van der Waals surface area contributed by atoms with Gasteiger partial charge in [0.1, 0.15) is 17.4 Å². The lowest BCUT2D eigenvalue weighted by atomic mass is 10.0. The summed E-state index contributed by atoms with van der Waals surface area (Å²) in [5, 5.41) is 24.7. The molecule has 29 heavy (non-hydrogen) atoms. The van der Waals surface area contributed by atoms with E-state index in [0.29, 0.717) is 6.54 Å². The van der Waals surface area contributed by atoms with Crippen LogP contribution in [0.4, 0.5) is 13.6 Å². The molecule has 4 N–H and O–H groups in total. The van der Waals surface area contributed by atoms with Crippen molar-refractivity contribution in [3.8, 4) is 5.75 Å². The Bertz CT molecular complexity index is 797. The standard InChI is InChI=1S/C21H26F2N2O4/c1-13(2)29-18-5-3-4-14(8-18)11-24-12-20(26)19(25-21(27)28)9-15-6-16(22)10-17(23)7-15/h3-8,10,13,19-20,24-26H,9,11-12H2,1-2H3,(H,27,28)/t19-,20+/m0/s1. The lowest BCUT2D eigenvalue weighted by molar-refractivity contribution is 0.117. The number of aliphatic hydroxyl groups is 1. The van der Waals surface area contributed by atoms with E-state index in [2.05, 4.69) is 10.6 Å². The minimum atomic E-state index is -1.33. The lowest BCUT2D eigenvalue weighted by Crippen LogP contribution is -2.48. The van der Waals surface area contributed by atoms with E-state index in [1.54, 1.807) is 0 Å². The van der Waals surface area contributed by atoms with Crippen LogP contribution in [0.25, 0.3) is 0 Å². The second-order valence-electron chi connectivity index (χ2n) is 7.05. The van der Waals surface area contributed by atoms with Gasteiger partial charge in [0.15, 0.2) is 0 Å². The highest BCUT2D eigenvalue weighted by Crippen LogP contribution is 2.15. The molecule has 0 radical (unpaired) electrons. The van der Waals surface area contributed by atoms with E-state index in [9.17, 15) is 18.7 Å². The van der Waals surface area contributed by atoms with Crippen LogP contribution in [0.3, 0.4) is 0 Å². The molecule has 1 amide bonds. The zero-order valence-corrected chi connectivity index (χ0v) is 16.4. The fourth-order valence-electron chi connectivity index (χ4n) is 2.93. The number of rotatable bonds is 10. The van der Waals surface area contributed by atoms with Crippen LogP contribution in [-0.4, -0.2) is 41.1 Å². The molecule has 0 bridgehead atoms. The number of carbonyl (C=O) groups is 1. The summed E-state index contributed by atoms with van der Waals surface area (Å²) in [6, 6.07) is 9.51. The van der Waals surface area contributed by atoms with E-state index < -0.39 is 29.9 Å². The molecule has 158 valence electrons. The molecule has 0 spiro atoms. The number of nitrogens with one attached hydrogen (secondary N) is 2. The summed E-state index contributed by atoms with van der Waals surface area (Å²) in [7, 11) is 0. The van der Waals surface area contributed by atoms with Gasteiger partial charge >= 0.3 is 6.09 Å². The average Bonchev–Trinajstić information content (AvgIpc) is 2.59. The fraction of sp³-hybridized carbons (Fsp3) is 0.381. The number of hydrogen-bond acceptors (Lipinski definition) is 4. The van der Waals surface area contributed by atoms with Gasteiger partial charge in [0.25, 0.3) is 0 Å². The molecule has 0 aliphatic heterocycles. The topological polar surface area (TPSA) is 90.8 Å². The van der Waals surface area contributed by atoms with Gasteiger partial charge in [-0.15, -0.1) is 0 Å². The SMILES string of the molecule is CC(C)Oc1cccc(CNC[C@@H](O)[C@H](Cc2cc(F)cc(F)c2)NC(=O)O)c1. The summed E-state index contributed by atoms with van der Waals surface area (Å²) in [6.07, 6.45) is -2.44. The average molecular weight is 408 g/mol. The van der Waals surface area contributed by atoms with Gasteiger partial charge in [0, 0.05) is 19.2 Å². The zero-order chi connectivity index (χ0) is 21.4. The van der Waals surface area contributed by atoms with Gasteiger partial charge in [0.2, 0.25) is 0 Å². The number of ether oxygens (including phenoxy) is 1. The monoisotopic (exact) mass is 408 g/mol. The molecule has 0 aliphatic carbocycles. The number of carboxylic acid groups (broad SMARTS) is 1. The minimum absolute atomic E-state index is 0.0514. The predicted molar refractivity (Wildman–Crippen MR) is 105 cm³/mol. The largest absolute Gasteiger partial charge is 0.491 e. The van der Waals surface area contributed by atoms with Crippen LogP contribution < -0.4 is 15.4 Å². The first-order chi connectivity index (χ1) is 13.7. The first-order valence-electron chi connectivity index (χ1n) is 9.31. The van der Waals surface area contributed by atoms with Gasteiger partial charge in [-0.3, -0.25) is 0 Å². The smallest absolute Gasteiger partial charge is 0.404 e. The third-order valence-corrected chi connectivity index (χ3v) is 4.10. The molecule has 0 heterocycles. The summed E-state index contributed by atoms with van der Waals surface area (Å²) in [5.74, 6) is -0.784. The second kappa shape index (κ2) is 10.7. The summed E-state index contributed by atoms with van der Waals surface area (Å²) >= 11 is 0. The van der Waals surface area contributed by atoms with Gasteiger partial charge in [0.05, 0.1) is 18.2 Å². The van der Waals surface area contributed by atoms with Crippen LogP contribution in [0.15, 0.2) is 42.5 Å². The maximum absolute atomic E-state index is 13.4. The molecule has 0 aliphatic rings. The van der Waals surface area contributed by atoms with Gasteiger partial charge in [-0.2, -0.15) is 0 Å². The molecule has 0 fully saturated rings. The van der Waals surface area contributed by atoms with Crippen molar-refractivity contribution in [1.82, 2.24) is 10.6 Å². The maximum Gasteiger partial charge on any atom is 0.404 e. The number of aliphatic hydroxyl groups excluding tert-OH is 1. The van der Waals surface area contributed by atoms with Crippen molar-refractivity contribution in [1.29, 1.82) is 0 Å². The summed E-state index contributed by atoms with van der Waals surface area (Å²) in [6.45, 7) is 4.38. The Hall–Kier alpha value is -2.71. The van der Waals surface area contributed by atoms with Crippen molar-refractivity contribution < 1.29 is 28.5 Å². The fourth-order valence-corrected chi connectivity index (χ4v) is 2.93. The van der Waals surface area contributed by atoms with Crippen molar-refractivity contribution in [2.45, 2.75) is 45.1 Å². The van der Waals surface area contributed by atoms with E-state index in [4.69, 9.17) is 9.84 Å². The van der Waals surface area contributed by atoms with Crippen LogP contribution in [0.1, 0.15) is 25.0 Å². The molecular weight excluding hydrogens is 382 g/mol. The molecular formula is C21H26F2N2O4. The molecule has 2 atom stereocenters. The van der Waals surface area contributed by atoms with Crippen LogP contribution in [-0.2, 0) is 13.0 Å². The third-order valence-electron chi connectivity index (χ3n) is 4.10. The molecule has 8 heteroatoms. The molecule has 2 aromatic rings. The van der Waals surface area contributed by atoms with Crippen molar-refractivity contribution in [2.75, 3.05) is 6.54 Å². The number of amides is 1. The molecule has 0 saturated carbocycles. The van der Waals surface area contributed by atoms with Crippen molar-refractivity contribution in [3.63, 3.8) is 0 Å². The van der Waals surface area contributed by atoms with E-state index >= 15 is 0 Å². The number of hydrogen-bond donors (Lipinski definition) is 4. The molecule has 6 nitrogen and oxygen atoms in total. The maximum atomic E-state index is 13.4. The zero-order valence-electron chi connectivity index (χ0n) is 16.4. The molecule has 2 aromatic carbocycles. The van der Waals surface area contributed by atoms with Crippen molar-refractivity contribution in [2.24, 2.45) is 0 Å². The Morgan fingerprint density at radius 1 is 1.10 bits per heavy atom. The van der Waals surface area contributed by atoms with Gasteiger partial charge < -0.3 is 25.6 Å². The summed E-state index contributed by atoms with van der Waals surface area (Å²) in [4.78, 5) is 11.1. The molecule has 2 rings (SSSR count). The Morgan fingerprint density at radius 3 is 2.41 bits per heavy atom. The second-order valence-corrected chi connectivity index (χ2v) is 7.05. The molecule has 0 aromatic heterocycles. The van der Waals surface area contributed by atoms with Gasteiger partial charge in [-0.1, -0.05) is 12.1 Å². The quantitative estimate of drug-likeness (QED) is 0.485. The van der Waals surface area contributed by atoms with E-state index in [1.807, 2.05) is 38.1 Å². The first kappa shape index (κ1) is 22.6. The normalized spacial score (nSPS) is 13.2. The number of halogens is 2. The highest BCUT2D eigenvalue weighted by atomic mass is 19.1. The Kier molecular flexibility index (Phi) is 8.35. The molecule has 0 unspecified atom stereocenters. The van der Waals surface area contributed by atoms with E-state index in [1.165, 1.54) is 0 Å². The first-order valence-corrected chi connectivity index (χ1v) is 9.31. The Balaban J connectivity index is 1.95. The van der Waals surface area contributed by atoms with Crippen LogP contribution in [0, 0.1) is 11.6 Å². The summed E-state index contributed by atoms with van der Waals surface area (Å²) < 4.78 is 32.4. The van der Waals surface area contributed by atoms with Crippen LogP contribution in [0.2, 0.25) is 0 Å². The van der Waals surface area contributed by atoms with E-state index in [0.717, 1.165) is 29.5 Å². The Labute approximate surface area is 168 Å². The lowest BCUT2D eigenvalue weighted by Gasteiger charge is -2.23. The highest BCUT2D eigenvalue weighted by molar-refractivity contribution is 5.65. The van der Waals surface area contributed by atoms with Crippen molar-refractivity contribution in [3.05, 3.63) is 65.2 Å². The number of benzene rings is 2. The van der Waals surface area contributed by atoms with Crippen LogP contribution in [0.5, 0.6) is 5.75 Å².